The van der Waals surface area contributed by atoms with E-state index >= 15 is 4.39 Å². The number of β-amino-alcohol motifs (C(OH)–C–C–N with tert-alkyl or cyclic N) is 1. The van der Waals surface area contributed by atoms with E-state index in [2.05, 4.69) is 16.4 Å². The quantitative estimate of drug-likeness (QED) is 0.0636. The molecule has 3 heterocycles. The fourth-order valence-electron chi connectivity index (χ4n) is 8.85. The van der Waals surface area contributed by atoms with Crippen molar-refractivity contribution in [3.8, 4) is 33.4 Å². The maximum atomic E-state index is 15.5. The Balaban J connectivity index is 0.845. The number of carbonyl (C=O) groups excluding carboxylic acids is 4. The summed E-state index contributed by atoms with van der Waals surface area (Å²) in [7, 11) is 0. The van der Waals surface area contributed by atoms with Gasteiger partial charge in [-0.3, -0.25) is 24.1 Å². The van der Waals surface area contributed by atoms with Crippen LogP contribution in [0.5, 0.6) is 5.75 Å². The number of Topliss-reactive ketones (excluding diaryl/α,β-unsaturated/α-hetero) is 1. The third-order valence-corrected chi connectivity index (χ3v) is 14.1. The fourth-order valence-corrected chi connectivity index (χ4v) is 10.2. The third-order valence-electron chi connectivity index (χ3n) is 12.8. The molecule has 0 aliphatic carbocycles. The van der Waals surface area contributed by atoms with Crippen LogP contribution in [-0.4, -0.2) is 93.7 Å². The van der Waals surface area contributed by atoms with Crippen LogP contribution in [0.15, 0.2) is 90.4 Å². The van der Waals surface area contributed by atoms with E-state index in [4.69, 9.17) is 21.7 Å². The number of aliphatic hydroxyl groups excluding tert-OH is 1. The lowest BCUT2D eigenvalue weighted by Crippen LogP contribution is -2.57. The van der Waals surface area contributed by atoms with Crippen molar-refractivity contribution in [2.24, 2.45) is 5.41 Å². The number of hydrogen-bond acceptors (Lipinski definition) is 11. The van der Waals surface area contributed by atoms with Gasteiger partial charge in [0, 0.05) is 43.3 Å². The summed E-state index contributed by atoms with van der Waals surface area (Å²) in [5, 5.41) is 23.1. The molecule has 5 aromatic rings. The van der Waals surface area contributed by atoms with Gasteiger partial charge in [-0.15, -0.1) is 11.3 Å². The van der Waals surface area contributed by atoms with Gasteiger partial charge in [-0.25, -0.2) is 9.37 Å². The van der Waals surface area contributed by atoms with E-state index in [1.165, 1.54) is 15.9 Å². The molecule has 0 spiro atoms. The number of hydrogen-bond donors (Lipinski definition) is 2. The molecule has 16 heteroatoms. The molecule has 0 bridgehead atoms. The first-order chi connectivity index (χ1) is 33.3. The number of thiazole rings is 1. The van der Waals surface area contributed by atoms with Crippen LogP contribution >= 0.6 is 23.6 Å². The van der Waals surface area contributed by atoms with E-state index < -0.39 is 46.8 Å². The van der Waals surface area contributed by atoms with E-state index in [1.54, 1.807) is 84.7 Å². The van der Waals surface area contributed by atoms with Crippen molar-refractivity contribution in [3.05, 3.63) is 119 Å². The highest BCUT2D eigenvalue weighted by Gasteiger charge is 2.50. The van der Waals surface area contributed by atoms with E-state index in [1.807, 2.05) is 64.4 Å². The van der Waals surface area contributed by atoms with E-state index in [0.29, 0.717) is 58.2 Å². The van der Waals surface area contributed by atoms with Gasteiger partial charge >= 0.3 is 0 Å². The van der Waals surface area contributed by atoms with Crippen LogP contribution in [0.1, 0.15) is 82.7 Å². The molecular formula is C54H59FN6O7S2. The molecule has 3 amide bonds. The Hall–Kier alpha value is -6.38. The number of aliphatic hydroxyl groups is 1. The largest absolute Gasteiger partial charge is 0.493 e. The summed E-state index contributed by atoms with van der Waals surface area (Å²) in [5.74, 6) is -1.35. The monoisotopic (exact) mass is 986 g/mol. The second-order valence-corrected chi connectivity index (χ2v) is 20.6. The molecule has 2 aliphatic rings. The standard InChI is InChI=1S/C54H59FN6O7S2/c1-33-26-40(20-17-38(33)29-56)60-51(66)54(6,7)61(52(60)69)39-18-15-36(16-19-39)43-22-21-42(28-44(43)55)68-25-9-8-24-67-31-47(64)58-49(53(3,4)5)50(65)59-30-41(62)27-45(59)46(63)23-12-35-10-13-37(14-11-35)48-34(2)57-32-70-48/h10-11,13-22,26,28,32,41,45,49,62H,8-9,12,23-25,27,30-31H2,1-7H3,(H,58,64)/t41-,45+,49-/m1/s1. The lowest BCUT2D eigenvalue weighted by atomic mass is 9.85. The Labute approximate surface area is 418 Å². The van der Waals surface area contributed by atoms with Crippen LogP contribution in [0.25, 0.3) is 21.6 Å². The SMILES string of the molecule is Cc1cc(N2C(=O)C(C)(C)N(c3ccc(-c4ccc(OCCCCOCC(=O)N[C@H](C(=O)N5C[C@H](O)C[C@H]5C(=O)CCc5ccc(-c6scnc6C)cc5)C(C)(C)C)cc4F)cc3)C2=S)ccc1C#N. The minimum atomic E-state index is -1.00. The van der Waals surface area contributed by atoms with Crippen LogP contribution < -0.4 is 19.9 Å². The lowest BCUT2D eigenvalue weighted by molar-refractivity contribution is -0.144. The highest BCUT2D eigenvalue weighted by molar-refractivity contribution is 7.81. The number of amides is 3. The number of anilines is 2. The van der Waals surface area contributed by atoms with Gasteiger partial charge in [0.25, 0.3) is 5.91 Å². The first-order valence-corrected chi connectivity index (χ1v) is 24.7. The number of aromatic nitrogens is 1. The Kier molecular flexibility index (Phi) is 16.0. The first kappa shape index (κ1) is 51.5. The van der Waals surface area contributed by atoms with Crippen LogP contribution in [0.2, 0.25) is 0 Å². The molecule has 70 heavy (non-hydrogen) atoms. The number of nitrogens with one attached hydrogen (secondary N) is 1. The van der Waals surface area contributed by atoms with Gasteiger partial charge in [-0.2, -0.15) is 5.26 Å². The average Bonchev–Trinajstić information content (AvgIpc) is 3.99. The Morgan fingerprint density at radius 1 is 0.986 bits per heavy atom. The molecular weight excluding hydrogens is 928 g/mol. The summed E-state index contributed by atoms with van der Waals surface area (Å²) >= 11 is 7.40. The van der Waals surface area contributed by atoms with Gasteiger partial charge in [-0.05, 0) is 129 Å². The number of nitrogens with zero attached hydrogens (tertiary/aromatic N) is 5. The molecule has 2 N–H and O–H groups in total. The number of ketones is 1. The topological polar surface area (TPSA) is 165 Å². The summed E-state index contributed by atoms with van der Waals surface area (Å²) in [4.78, 5) is 64.4. The van der Waals surface area contributed by atoms with Gasteiger partial charge in [0.05, 0.1) is 52.2 Å². The second-order valence-electron chi connectivity index (χ2n) is 19.4. The smallest absolute Gasteiger partial charge is 0.259 e. The van der Waals surface area contributed by atoms with E-state index in [0.717, 1.165) is 27.3 Å². The number of halogens is 1. The number of carbonyl (C=O) groups is 4. The van der Waals surface area contributed by atoms with Crippen LogP contribution in [0.3, 0.4) is 0 Å². The zero-order chi connectivity index (χ0) is 50.5. The highest BCUT2D eigenvalue weighted by Crippen LogP contribution is 2.38. The van der Waals surface area contributed by atoms with Crippen molar-refractivity contribution in [2.75, 3.05) is 36.2 Å². The molecule has 1 aromatic heterocycles. The van der Waals surface area contributed by atoms with Crippen molar-refractivity contribution in [1.29, 1.82) is 5.26 Å². The maximum Gasteiger partial charge on any atom is 0.259 e. The molecule has 2 fully saturated rings. The number of unbranched alkanes of at least 4 members (excludes halogenated alkanes) is 1. The van der Waals surface area contributed by atoms with Crippen LogP contribution in [0.4, 0.5) is 15.8 Å². The summed E-state index contributed by atoms with van der Waals surface area (Å²) in [6.07, 6.45) is 1.11. The number of likely N-dealkylation sites (tertiary alicyclic amines) is 1. The highest BCUT2D eigenvalue weighted by atomic mass is 32.1. The Morgan fingerprint density at radius 2 is 1.67 bits per heavy atom. The van der Waals surface area contributed by atoms with Gasteiger partial charge in [0.2, 0.25) is 11.8 Å². The molecule has 0 radical (unpaired) electrons. The predicted octanol–water partition coefficient (Wildman–Crippen LogP) is 8.89. The van der Waals surface area contributed by atoms with Crippen molar-refractivity contribution < 1.29 is 38.1 Å². The minimum absolute atomic E-state index is 0.00545. The van der Waals surface area contributed by atoms with Crippen molar-refractivity contribution in [3.63, 3.8) is 0 Å². The van der Waals surface area contributed by atoms with Gasteiger partial charge in [0.1, 0.15) is 29.8 Å². The fraction of sp³-hybridized carbons (Fsp3) is 0.389. The minimum Gasteiger partial charge on any atom is -0.493 e. The molecule has 7 rings (SSSR count). The third kappa shape index (κ3) is 11.5. The zero-order valence-electron chi connectivity index (χ0n) is 40.6. The number of aryl methyl sites for hydroxylation is 3. The molecule has 0 unspecified atom stereocenters. The molecule has 0 saturated carbocycles. The average molecular weight is 987 g/mol. The summed E-state index contributed by atoms with van der Waals surface area (Å²) in [6, 6.07) is 25.4. The van der Waals surface area contributed by atoms with Crippen molar-refractivity contribution in [1.82, 2.24) is 15.2 Å². The van der Waals surface area contributed by atoms with E-state index in [-0.39, 0.29) is 50.9 Å². The van der Waals surface area contributed by atoms with Crippen LogP contribution in [-0.2, 0) is 30.3 Å². The van der Waals surface area contributed by atoms with Crippen molar-refractivity contribution in [2.45, 2.75) is 104 Å². The zero-order valence-corrected chi connectivity index (χ0v) is 42.2. The number of thiocarbonyl (C=S) groups is 1. The Bertz CT molecular complexity index is 2800. The molecule has 2 aliphatic heterocycles. The molecule has 366 valence electrons. The number of nitriles is 1. The molecule has 13 nitrogen and oxygen atoms in total. The summed E-state index contributed by atoms with van der Waals surface area (Å²) in [6.45, 7) is 13.1. The van der Waals surface area contributed by atoms with Gasteiger partial charge in [0.15, 0.2) is 10.9 Å². The molecule has 2 saturated heterocycles. The van der Waals surface area contributed by atoms with Crippen molar-refractivity contribution >= 4 is 63.5 Å². The van der Waals surface area contributed by atoms with Crippen LogP contribution in [0, 0.1) is 36.4 Å². The number of benzene rings is 4. The van der Waals surface area contributed by atoms with Gasteiger partial charge in [-0.1, -0.05) is 57.2 Å². The molecule has 4 aromatic carbocycles. The summed E-state index contributed by atoms with van der Waals surface area (Å²) < 4.78 is 26.9. The first-order valence-electron chi connectivity index (χ1n) is 23.4. The number of ether oxygens (including phenoxy) is 2. The lowest BCUT2D eigenvalue weighted by Gasteiger charge is -2.35. The molecule has 3 atom stereocenters. The summed E-state index contributed by atoms with van der Waals surface area (Å²) in [5.41, 5.74) is 6.65. The number of rotatable bonds is 18. The maximum absolute atomic E-state index is 15.5. The predicted molar refractivity (Wildman–Crippen MR) is 273 cm³/mol. The van der Waals surface area contributed by atoms with E-state index in [9.17, 15) is 29.5 Å². The van der Waals surface area contributed by atoms with Gasteiger partial charge < -0.3 is 29.7 Å². The normalized spacial score (nSPS) is 17.2. The Morgan fingerprint density at radius 3 is 2.31 bits per heavy atom. The second kappa shape index (κ2) is 21.7.